The first kappa shape index (κ1) is 14.2. The summed E-state index contributed by atoms with van der Waals surface area (Å²) in [6.07, 6.45) is 5.33. The lowest BCUT2D eigenvalue weighted by Crippen LogP contribution is -2.04. The summed E-state index contributed by atoms with van der Waals surface area (Å²) in [7, 11) is -0.692. The Morgan fingerprint density at radius 2 is 1.94 bits per heavy atom. The average molecular weight is 250 g/mol. The lowest BCUT2D eigenvalue weighted by molar-refractivity contribution is 0.680. The van der Waals surface area contributed by atoms with E-state index in [2.05, 4.69) is 32.1 Å². The molecule has 0 radical (unpaired) electrons. The summed E-state index contributed by atoms with van der Waals surface area (Å²) in [5, 5.41) is 0. The van der Waals surface area contributed by atoms with Crippen molar-refractivity contribution in [1.29, 1.82) is 0 Å². The Bertz CT molecular complexity index is 368. The summed E-state index contributed by atoms with van der Waals surface area (Å²) in [4.78, 5) is 0. The van der Waals surface area contributed by atoms with Crippen LogP contribution >= 0.6 is 0 Å². The average Bonchev–Trinajstić information content (AvgIpc) is 2.36. The molecule has 0 spiro atoms. The van der Waals surface area contributed by atoms with Gasteiger partial charge in [0.05, 0.1) is 0 Å². The van der Waals surface area contributed by atoms with Gasteiger partial charge < -0.3 is 0 Å². The molecule has 0 aliphatic heterocycles. The normalized spacial score (nSPS) is 13.6. The number of rotatable bonds is 7. The van der Waals surface area contributed by atoms with Crippen molar-refractivity contribution in [1.82, 2.24) is 0 Å². The zero-order valence-corrected chi connectivity index (χ0v) is 11.6. The lowest BCUT2D eigenvalue weighted by atomic mass is 10.1. The van der Waals surface area contributed by atoms with Crippen LogP contribution in [0.2, 0.25) is 0 Å². The van der Waals surface area contributed by atoms with Crippen molar-refractivity contribution in [2.24, 2.45) is 0 Å². The van der Waals surface area contributed by atoms with Crippen LogP contribution in [0.3, 0.4) is 0 Å². The van der Waals surface area contributed by atoms with Crippen LogP contribution in [-0.2, 0) is 10.8 Å². The van der Waals surface area contributed by atoms with Gasteiger partial charge in [-0.15, -0.1) is 0 Å². The zero-order chi connectivity index (χ0) is 12.5. The van der Waals surface area contributed by atoms with Gasteiger partial charge in [0, 0.05) is 22.3 Å². The molecular formula is C15H22OS. The predicted molar refractivity (Wildman–Crippen MR) is 77.5 cm³/mol. The Kier molecular flexibility index (Phi) is 6.87. The first-order valence-corrected chi connectivity index (χ1v) is 7.84. The molecule has 1 aromatic rings. The van der Waals surface area contributed by atoms with Gasteiger partial charge in [-0.3, -0.25) is 4.21 Å². The highest BCUT2D eigenvalue weighted by Gasteiger charge is 2.02. The molecule has 0 aliphatic rings. The van der Waals surface area contributed by atoms with Crippen LogP contribution in [0.25, 0.3) is 6.08 Å². The van der Waals surface area contributed by atoms with Crippen molar-refractivity contribution < 1.29 is 4.21 Å². The molecule has 0 amide bonds. The molecule has 1 atom stereocenters. The van der Waals surface area contributed by atoms with Gasteiger partial charge in [0.2, 0.25) is 0 Å². The first-order chi connectivity index (χ1) is 8.26. The van der Waals surface area contributed by atoms with Crippen LogP contribution in [0, 0.1) is 0 Å². The van der Waals surface area contributed by atoms with Gasteiger partial charge in [0.25, 0.3) is 0 Å². The minimum Gasteiger partial charge on any atom is -0.259 e. The summed E-state index contributed by atoms with van der Waals surface area (Å²) < 4.78 is 11.8. The van der Waals surface area contributed by atoms with E-state index in [1.165, 1.54) is 11.1 Å². The van der Waals surface area contributed by atoms with Gasteiger partial charge in [-0.1, -0.05) is 62.2 Å². The fraction of sp³-hybridized carbons (Fsp3) is 0.467. The molecule has 94 valence electrons. The standard InChI is InChI=1S/C15H22OS/c1-3-5-11-17(16)13-14(4-2)12-15-9-7-6-8-10-15/h6-10,12H,3-5,11,13H2,1-2H3. The Labute approximate surface area is 107 Å². The molecule has 17 heavy (non-hydrogen) atoms. The SMILES string of the molecule is CCCCS(=O)CC(=Cc1ccccc1)CC. The second kappa shape index (κ2) is 8.24. The molecule has 0 fully saturated rings. The second-order valence-corrected chi connectivity index (χ2v) is 5.79. The number of hydrogen-bond donors (Lipinski definition) is 0. The maximum absolute atomic E-state index is 11.8. The van der Waals surface area contributed by atoms with E-state index in [9.17, 15) is 4.21 Å². The molecular weight excluding hydrogens is 228 g/mol. The van der Waals surface area contributed by atoms with Crippen molar-refractivity contribution in [3.05, 3.63) is 41.5 Å². The molecule has 0 N–H and O–H groups in total. The molecule has 2 heteroatoms. The maximum Gasteiger partial charge on any atom is 0.0448 e. The molecule has 0 saturated carbocycles. The van der Waals surface area contributed by atoms with Crippen LogP contribution in [0.1, 0.15) is 38.7 Å². The summed E-state index contributed by atoms with van der Waals surface area (Å²) in [6, 6.07) is 10.3. The quantitative estimate of drug-likeness (QED) is 0.714. The van der Waals surface area contributed by atoms with Gasteiger partial charge in [0.1, 0.15) is 0 Å². The molecule has 0 aromatic heterocycles. The Hall–Kier alpha value is -0.890. The van der Waals surface area contributed by atoms with Gasteiger partial charge in [-0.2, -0.15) is 0 Å². The van der Waals surface area contributed by atoms with Crippen molar-refractivity contribution in [2.75, 3.05) is 11.5 Å². The number of benzene rings is 1. The third kappa shape index (κ3) is 5.83. The van der Waals surface area contributed by atoms with Crippen molar-refractivity contribution in [3.63, 3.8) is 0 Å². The lowest BCUT2D eigenvalue weighted by Gasteiger charge is -2.05. The largest absolute Gasteiger partial charge is 0.259 e. The van der Waals surface area contributed by atoms with Crippen LogP contribution in [0.5, 0.6) is 0 Å². The summed E-state index contributed by atoms with van der Waals surface area (Å²) in [5.74, 6) is 1.56. The third-order valence-electron chi connectivity index (χ3n) is 2.70. The minimum atomic E-state index is -0.692. The predicted octanol–water partition coefficient (Wildman–Crippen LogP) is 4.03. The van der Waals surface area contributed by atoms with Crippen LogP contribution in [-0.4, -0.2) is 15.7 Å². The van der Waals surface area contributed by atoms with E-state index in [1.54, 1.807) is 0 Å². The molecule has 0 bridgehead atoms. The molecule has 1 nitrogen and oxygen atoms in total. The van der Waals surface area contributed by atoms with E-state index in [0.717, 1.165) is 30.8 Å². The highest BCUT2D eigenvalue weighted by atomic mass is 32.2. The van der Waals surface area contributed by atoms with Crippen LogP contribution in [0.4, 0.5) is 0 Å². The topological polar surface area (TPSA) is 17.1 Å². The van der Waals surface area contributed by atoms with E-state index in [-0.39, 0.29) is 0 Å². The van der Waals surface area contributed by atoms with Crippen molar-refractivity contribution >= 4 is 16.9 Å². The second-order valence-electron chi connectivity index (χ2n) is 4.21. The van der Waals surface area contributed by atoms with E-state index in [1.807, 2.05) is 18.2 Å². The Balaban J connectivity index is 2.59. The monoisotopic (exact) mass is 250 g/mol. The summed E-state index contributed by atoms with van der Waals surface area (Å²) in [6.45, 7) is 4.27. The van der Waals surface area contributed by atoms with Crippen molar-refractivity contribution in [3.8, 4) is 0 Å². The highest BCUT2D eigenvalue weighted by Crippen LogP contribution is 2.11. The fourth-order valence-electron chi connectivity index (χ4n) is 1.62. The molecule has 0 heterocycles. The van der Waals surface area contributed by atoms with E-state index in [0.29, 0.717) is 0 Å². The van der Waals surface area contributed by atoms with Crippen molar-refractivity contribution in [2.45, 2.75) is 33.1 Å². The molecule has 0 saturated heterocycles. The zero-order valence-electron chi connectivity index (χ0n) is 10.8. The van der Waals surface area contributed by atoms with Gasteiger partial charge in [-0.25, -0.2) is 0 Å². The fourth-order valence-corrected chi connectivity index (χ4v) is 3.07. The van der Waals surface area contributed by atoms with Crippen LogP contribution < -0.4 is 0 Å². The van der Waals surface area contributed by atoms with Crippen LogP contribution in [0.15, 0.2) is 35.9 Å². The highest BCUT2D eigenvalue weighted by molar-refractivity contribution is 7.85. The van der Waals surface area contributed by atoms with E-state index >= 15 is 0 Å². The smallest absolute Gasteiger partial charge is 0.0448 e. The number of hydrogen-bond acceptors (Lipinski definition) is 1. The molecule has 0 aliphatic carbocycles. The molecule has 1 aromatic carbocycles. The van der Waals surface area contributed by atoms with Gasteiger partial charge in [-0.05, 0) is 18.4 Å². The first-order valence-electron chi connectivity index (χ1n) is 6.35. The van der Waals surface area contributed by atoms with E-state index in [4.69, 9.17) is 0 Å². The molecule has 1 rings (SSSR count). The summed E-state index contributed by atoms with van der Waals surface area (Å²) >= 11 is 0. The number of unbranched alkanes of at least 4 members (excludes halogenated alkanes) is 1. The minimum absolute atomic E-state index is 0.692. The van der Waals surface area contributed by atoms with Gasteiger partial charge >= 0.3 is 0 Å². The summed E-state index contributed by atoms with van der Waals surface area (Å²) in [5.41, 5.74) is 2.49. The molecule has 1 unspecified atom stereocenters. The van der Waals surface area contributed by atoms with E-state index < -0.39 is 10.8 Å². The Morgan fingerprint density at radius 3 is 2.53 bits per heavy atom. The Morgan fingerprint density at radius 1 is 1.24 bits per heavy atom. The van der Waals surface area contributed by atoms with Gasteiger partial charge in [0.15, 0.2) is 0 Å². The maximum atomic E-state index is 11.8. The third-order valence-corrected chi connectivity index (χ3v) is 4.13.